The van der Waals surface area contributed by atoms with Crippen LogP contribution in [0.2, 0.25) is 0 Å². The molecule has 2 aromatic rings. The molecule has 0 radical (unpaired) electrons. The van der Waals surface area contributed by atoms with Crippen molar-refractivity contribution in [2.24, 2.45) is 5.92 Å². The summed E-state index contributed by atoms with van der Waals surface area (Å²) in [6.07, 6.45) is 7.16. The topological polar surface area (TPSA) is 29.1 Å². The number of nitrogens with one attached hydrogen (secondary N) is 1. The highest BCUT2D eigenvalue weighted by molar-refractivity contribution is 5.76. The lowest BCUT2D eigenvalue weighted by Gasteiger charge is -2.19. The van der Waals surface area contributed by atoms with Crippen LogP contribution in [-0.2, 0) is 4.79 Å². The normalized spacial score (nSPS) is 16.7. The molecule has 0 spiro atoms. The highest BCUT2D eigenvalue weighted by Gasteiger charge is 2.17. The van der Waals surface area contributed by atoms with Gasteiger partial charge < -0.3 is 5.32 Å². The molecule has 3 rings (SSSR count). The fraction of sp³-hybridized carbons (Fsp3) is 0.286. The van der Waals surface area contributed by atoms with E-state index >= 15 is 0 Å². The van der Waals surface area contributed by atoms with Crippen molar-refractivity contribution >= 4 is 5.91 Å². The highest BCUT2D eigenvalue weighted by atomic mass is 16.1. The van der Waals surface area contributed by atoms with Crippen molar-refractivity contribution in [2.75, 3.05) is 6.54 Å². The summed E-state index contributed by atoms with van der Waals surface area (Å²) in [5, 5.41) is 3.13. The fourth-order valence-corrected chi connectivity index (χ4v) is 3.19. The average molecular weight is 305 g/mol. The van der Waals surface area contributed by atoms with E-state index in [-0.39, 0.29) is 11.8 Å². The van der Waals surface area contributed by atoms with Gasteiger partial charge in [-0.05, 0) is 29.9 Å². The van der Waals surface area contributed by atoms with Crippen molar-refractivity contribution in [3.05, 3.63) is 83.9 Å². The number of allylic oxidation sites excluding steroid dienone is 2. The summed E-state index contributed by atoms with van der Waals surface area (Å²) in [4.78, 5) is 12.2. The number of hydrogen-bond acceptors (Lipinski definition) is 1. The molecule has 2 heteroatoms. The van der Waals surface area contributed by atoms with Crippen molar-refractivity contribution < 1.29 is 4.79 Å². The summed E-state index contributed by atoms with van der Waals surface area (Å²) >= 11 is 0. The standard InChI is InChI=1S/C21H23NO/c23-21(15-17-9-7-8-10-17)22-16-20(18-11-3-1-4-12-18)19-13-5-2-6-14-19/h1-7,9,11-14,17,20H,8,10,15-16H2,(H,22,23). The van der Waals surface area contributed by atoms with Crippen LogP contribution in [0, 0.1) is 5.92 Å². The molecule has 1 N–H and O–H groups in total. The minimum absolute atomic E-state index is 0.151. The number of benzene rings is 2. The molecule has 0 heterocycles. The lowest BCUT2D eigenvalue weighted by molar-refractivity contribution is -0.121. The summed E-state index contributed by atoms with van der Waals surface area (Å²) in [7, 11) is 0. The van der Waals surface area contributed by atoms with Crippen LogP contribution < -0.4 is 5.32 Å². The second-order valence-electron chi connectivity index (χ2n) is 6.15. The molecule has 1 amide bonds. The van der Waals surface area contributed by atoms with Gasteiger partial charge in [0.15, 0.2) is 0 Å². The van der Waals surface area contributed by atoms with Crippen molar-refractivity contribution in [1.29, 1.82) is 0 Å². The maximum absolute atomic E-state index is 12.2. The van der Waals surface area contributed by atoms with Gasteiger partial charge in [-0.1, -0.05) is 72.8 Å². The Morgan fingerprint density at radius 1 is 1.00 bits per heavy atom. The molecular formula is C21H23NO. The van der Waals surface area contributed by atoms with Crippen LogP contribution in [0.5, 0.6) is 0 Å². The van der Waals surface area contributed by atoms with Gasteiger partial charge >= 0.3 is 0 Å². The van der Waals surface area contributed by atoms with Crippen LogP contribution in [0.1, 0.15) is 36.3 Å². The Morgan fingerprint density at radius 3 is 2.13 bits per heavy atom. The Bertz CT molecular complexity index is 609. The zero-order chi connectivity index (χ0) is 15.9. The summed E-state index contributed by atoms with van der Waals surface area (Å²) in [6.45, 7) is 0.642. The Labute approximate surface area is 138 Å². The van der Waals surface area contributed by atoms with Gasteiger partial charge in [-0.25, -0.2) is 0 Å². The molecule has 1 aliphatic carbocycles. The lowest BCUT2D eigenvalue weighted by Crippen LogP contribution is -2.29. The molecule has 1 aliphatic rings. The first-order chi connectivity index (χ1) is 11.3. The Balaban J connectivity index is 1.67. The third-order valence-electron chi connectivity index (χ3n) is 4.47. The second kappa shape index (κ2) is 7.77. The van der Waals surface area contributed by atoms with E-state index in [1.807, 2.05) is 12.1 Å². The monoisotopic (exact) mass is 305 g/mol. The number of rotatable bonds is 6. The molecule has 118 valence electrons. The van der Waals surface area contributed by atoms with E-state index in [9.17, 15) is 4.79 Å². The van der Waals surface area contributed by atoms with Gasteiger partial charge in [0.1, 0.15) is 0 Å². The van der Waals surface area contributed by atoms with Crippen LogP contribution >= 0.6 is 0 Å². The van der Waals surface area contributed by atoms with Crippen molar-refractivity contribution in [3.8, 4) is 0 Å². The van der Waals surface area contributed by atoms with Gasteiger partial charge in [-0.2, -0.15) is 0 Å². The SMILES string of the molecule is O=C(CC1C=CCC1)NCC(c1ccccc1)c1ccccc1. The minimum atomic E-state index is 0.151. The molecule has 2 nitrogen and oxygen atoms in total. The number of hydrogen-bond donors (Lipinski definition) is 1. The molecular weight excluding hydrogens is 282 g/mol. The molecule has 1 unspecified atom stereocenters. The average Bonchev–Trinajstić information content (AvgIpc) is 3.10. The first-order valence-electron chi connectivity index (χ1n) is 8.36. The summed E-state index contributed by atoms with van der Waals surface area (Å²) in [6, 6.07) is 20.8. The van der Waals surface area contributed by atoms with Crippen molar-refractivity contribution in [1.82, 2.24) is 5.32 Å². The molecule has 0 bridgehead atoms. The number of amides is 1. The number of carbonyl (C=O) groups is 1. The van der Waals surface area contributed by atoms with Gasteiger partial charge in [0.25, 0.3) is 0 Å². The number of carbonyl (C=O) groups excluding carboxylic acids is 1. The Hall–Kier alpha value is -2.35. The second-order valence-corrected chi connectivity index (χ2v) is 6.15. The van der Waals surface area contributed by atoms with Gasteiger partial charge in [0.05, 0.1) is 0 Å². The van der Waals surface area contributed by atoms with Crippen molar-refractivity contribution in [2.45, 2.75) is 25.2 Å². The fourth-order valence-electron chi connectivity index (χ4n) is 3.19. The summed E-state index contributed by atoms with van der Waals surface area (Å²) in [5.74, 6) is 0.765. The van der Waals surface area contributed by atoms with E-state index in [1.165, 1.54) is 11.1 Å². The van der Waals surface area contributed by atoms with E-state index in [2.05, 4.69) is 66.0 Å². The van der Waals surface area contributed by atoms with Gasteiger partial charge in [-0.3, -0.25) is 4.79 Å². The van der Waals surface area contributed by atoms with E-state index < -0.39 is 0 Å². The predicted molar refractivity (Wildman–Crippen MR) is 94.2 cm³/mol. The largest absolute Gasteiger partial charge is 0.355 e. The van der Waals surface area contributed by atoms with Crippen LogP contribution in [-0.4, -0.2) is 12.5 Å². The van der Waals surface area contributed by atoms with Gasteiger partial charge in [-0.15, -0.1) is 0 Å². The zero-order valence-electron chi connectivity index (χ0n) is 13.3. The maximum Gasteiger partial charge on any atom is 0.220 e. The van der Waals surface area contributed by atoms with Crippen LogP contribution in [0.3, 0.4) is 0 Å². The van der Waals surface area contributed by atoms with E-state index in [0.717, 1.165) is 12.8 Å². The zero-order valence-corrected chi connectivity index (χ0v) is 13.3. The van der Waals surface area contributed by atoms with E-state index in [1.54, 1.807) is 0 Å². The molecule has 0 aliphatic heterocycles. The molecule has 1 atom stereocenters. The quantitative estimate of drug-likeness (QED) is 0.793. The highest BCUT2D eigenvalue weighted by Crippen LogP contribution is 2.24. The molecule has 23 heavy (non-hydrogen) atoms. The Kier molecular flexibility index (Phi) is 5.25. The molecule has 0 saturated carbocycles. The Morgan fingerprint density at radius 2 is 1.61 bits per heavy atom. The summed E-state index contributed by atoms with van der Waals surface area (Å²) in [5.41, 5.74) is 2.47. The van der Waals surface area contributed by atoms with Gasteiger partial charge in [0, 0.05) is 18.9 Å². The van der Waals surface area contributed by atoms with Crippen LogP contribution in [0.25, 0.3) is 0 Å². The first-order valence-corrected chi connectivity index (χ1v) is 8.36. The summed E-state index contributed by atoms with van der Waals surface area (Å²) < 4.78 is 0. The smallest absolute Gasteiger partial charge is 0.220 e. The molecule has 0 fully saturated rings. The van der Waals surface area contributed by atoms with Crippen molar-refractivity contribution in [3.63, 3.8) is 0 Å². The molecule has 0 aromatic heterocycles. The predicted octanol–water partition coefficient (Wildman–Crippen LogP) is 4.29. The third kappa shape index (κ3) is 4.32. The van der Waals surface area contributed by atoms with Crippen LogP contribution in [0.15, 0.2) is 72.8 Å². The third-order valence-corrected chi connectivity index (χ3v) is 4.47. The van der Waals surface area contributed by atoms with Gasteiger partial charge in [0.2, 0.25) is 5.91 Å². The first kappa shape index (κ1) is 15.5. The van der Waals surface area contributed by atoms with E-state index in [4.69, 9.17) is 0 Å². The molecule has 2 aromatic carbocycles. The molecule has 0 saturated heterocycles. The lowest BCUT2D eigenvalue weighted by atomic mass is 9.91. The van der Waals surface area contributed by atoms with Crippen LogP contribution in [0.4, 0.5) is 0 Å². The minimum Gasteiger partial charge on any atom is -0.355 e. The maximum atomic E-state index is 12.2. The van der Waals surface area contributed by atoms with E-state index in [0.29, 0.717) is 18.9 Å².